The number of urea groups is 1. The van der Waals surface area contributed by atoms with Crippen LogP contribution < -0.4 is 10.2 Å². The molecule has 1 aliphatic rings. The molecule has 1 aromatic carbocycles. The van der Waals surface area contributed by atoms with Crippen molar-refractivity contribution in [1.29, 1.82) is 0 Å². The van der Waals surface area contributed by atoms with Gasteiger partial charge in [-0.05, 0) is 37.5 Å². The maximum atomic E-state index is 12.3. The number of carboxylic acids is 1. The lowest BCUT2D eigenvalue weighted by molar-refractivity contribution is -0.135. The number of carboxylic acid groups (broad SMARTS) is 1. The molecule has 1 unspecified atom stereocenters. The van der Waals surface area contributed by atoms with Crippen LogP contribution in [0.2, 0.25) is 5.02 Å². The fourth-order valence-corrected chi connectivity index (χ4v) is 2.42. The van der Waals surface area contributed by atoms with Crippen molar-refractivity contribution in [2.75, 3.05) is 11.4 Å². The molecule has 6 heteroatoms. The number of nitrogens with one attached hydrogen (secondary N) is 1. The molecule has 0 radical (unpaired) electrons. The van der Waals surface area contributed by atoms with Gasteiger partial charge in [-0.25, -0.2) is 4.79 Å². The summed E-state index contributed by atoms with van der Waals surface area (Å²) in [7, 11) is 0. The number of benzene rings is 1. The van der Waals surface area contributed by atoms with E-state index in [0.29, 0.717) is 10.7 Å². The summed E-state index contributed by atoms with van der Waals surface area (Å²) in [6.07, 6.45) is 6.64. The highest BCUT2D eigenvalue weighted by Gasteiger charge is 2.22. The summed E-state index contributed by atoms with van der Waals surface area (Å²) in [6, 6.07) is 6.22. The van der Waals surface area contributed by atoms with Crippen molar-refractivity contribution in [2.45, 2.75) is 25.3 Å². The molecule has 2 N–H and O–H groups in total. The van der Waals surface area contributed by atoms with E-state index in [2.05, 4.69) is 11.4 Å². The average Bonchev–Trinajstić information content (AvgIpc) is 2.45. The standard InChI is InChI=1S/C15H17ClN2O3/c16-11-5-4-8-13(9-11)18(10-14(19)20)15(21)17-12-6-2-1-3-7-12/h1-2,4-5,8-9,12H,3,6-7,10H2,(H,17,21)(H,19,20). The lowest BCUT2D eigenvalue weighted by Crippen LogP contribution is -2.47. The first kappa shape index (κ1) is 15.4. The zero-order chi connectivity index (χ0) is 15.2. The molecular weight excluding hydrogens is 292 g/mol. The largest absolute Gasteiger partial charge is 0.480 e. The van der Waals surface area contributed by atoms with Gasteiger partial charge in [-0.1, -0.05) is 29.8 Å². The number of aliphatic carboxylic acids is 1. The van der Waals surface area contributed by atoms with E-state index in [9.17, 15) is 9.59 Å². The quantitative estimate of drug-likeness (QED) is 0.840. The van der Waals surface area contributed by atoms with Crippen molar-refractivity contribution in [1.82, 2.24) is 5.32 Å². The summed E-state index contributed by atoms with van der Waals surface area (Å²) in [5.74, 6) is -1.08. The Bertz CT molecular complexity index is 560. The van der Waals surface area contributed by atoms with Crippen molar-refractivity contribution in [3.63, 3.8) is 0 Å². The molecule has 0 fully saturated rings. The van der Waals surface area contributed by atoms with Gasteiger partial charge >= 0.3 is 12.0 Å². The van der Waals surface area contributed by atoms with Crippen LogP contribution in [0, 0.1) is 0 Å². The van der Waals surface area contributed by atoms with Gasteiger partial charge in [-0.3, -0.25) is 9.69 Å². The SMILES string of the molecule is O=C(O)CN(C(=O)NC1CC=CCC1)c1cccc(Cl)c1. The fourth-order valence-electron chi connectivity index (χ4n) is 2.24. The minimum Gasteiger partial charge on any atom is -0.480 e. The summed E-state index contributed by atoms with van der Waals surface area (Å²) in [6.45, 7) is -0.408. The molecule has 0 bridgehead atoms. The lowest BCUT2D eigenvalue weighted by Gasteiger charge is -2.26. The minimum atomic E-state index is -1.08. The molecule has 0 aliphatic heterocycles. The average molecular weight is 309 g/mol. The Hall–Kier alpha value is -2.01. The van der Waals surface area contributed by atoms with Gasteiger partial charge in [-0.15, -0.1) is 0 Å². The van der Waals surface area contributed by atoms with E-state index >= 15 is 0 Å². The van der Waals surface area contributed by atoms with Gasteiger partial charge in [0, 0.05) is 16.8 Å². The second kappa shape index (κ2) is 7.13. The van der Waals surface area contributed by atoms with Gasteiger partial charge in [-0.2, -0.15) is 0 Å². The van der Waals surface area contributed by atoms with Gasteiger partial charge in [0.1, 0.15) is 6.54 Å². The normalized spacial score (nSPS) is 17.3. The van der Waals surface area contributed by atoms with E-state index in [-0.39, 0.29) is 6.04 Å². The van der Waals surface area contributed by atoms with Crippen LogP contribution in [0.25, 0.3) is 0 Å². The fraction of sp³-hybridized carbons (Fsp3) is 0.333. The van der Waals surface area contributed by atoms with E-state index in [4.69, 9.17) is 16.7 Å². The lowest BCUT2D eigenvalue weighted by atomic mass is 10.0. The predicted octanol–water partition coefficient (Wildman–Crippen LogP) is 3.05. The summed E-state index contributed by atoms with van der Waals surface area (Å²) < 4.78 is 0. The number of nitrogens with zero attached hydrogens (tertiary/aromatic N) is 1. The summed E-state index contributed by atoms with van der Waals surface area (Å²) >= 11 is 5.91. The number of anilines is 1. The van der Waals surface area contributed by atoms with Crippen molar-refractivity contribution in [3.05, 3.63) is 41.4 Å². The Morgan fingerprint density at radius 2 is 2.19 bits per heavy atom. The van der Waals surface area contributed by atoms with Crippen LogP contribution in [-0.2, 0) is 4.79 Å². The number of rotatable bonds is 4. The molecule has 5 nitrogen and oxygen atoms in total. The molecule has 0 spiro atoms. The van der Waals surface area contributed by atoms with Crippen LogP contribution in [0.3, 0.4) is 0 Å². The third kappa shape index (κ3) is 4.49. The Kier molecular flexibility index (Phi) is 5.22. The van der Waals surface area contributed by atoms with Crippen molar-refractivity contribution < 1.29 is 14.7 Å². The van der Waals surface area contributed by atoms with Crippen molar-refractivity contribution in [3.8, 4) is 0 Å². The number of allylic oxidation sites excluding steroid dienone is 1. The Balaban J connectivity index is 2.13. The van der Waals surface area contributed by atoms with Gasteiger partial charge in [0.15, 0.2) is 0 Å². The smallest absolute Gasteiger partial charge is 0.323 e. The Morgan fingerprint density at radius 1 is 1.38 bits per heavy atom. The van der Waals surface area contributed by atoms with E-state index in [1.165, 1.54) is 4.90 Å². The van der Waals surface area contributed by atoms with E-state index in [1.54, 1.807) is 24.3 Å². The summed E-state index contributed by atoms with van der Waals surface area (Å²) in [5.41, 5.74) is 0.466. The van der Waals surface area contributed by atoms with Crippen LogP contribution in [0.5, 0.6) is 0 Å². The van der Waals surface area contributed by atoms with Gasteiger partial charge < -0.3 is 10.4 Å². The molecule has 2 amide bonds. The van der Waals surface area contributed by atoms with Crippen molar-refractivity contribution >= 4 is 29.3 Å². The first-order valence-electron chi connectivity index (χ1n) is 6.76. The molecule has 1 aromatic rings. The molecule has 112 valence electrons. The van der Waals surface area contributed by atoms with Gasteiger partial charge in [0.25, 0.3) is 0 Å². The molecule has 0 heterocycles. The zero-order valence-electron chi connectivity index (χ0n) is 11.5. The first-order chi connectivity index (χ1) is 10.1. The second-order valence-electron chi connectivity index (χ2n) is 4.89. The molecule has 0 saturated heterocycles. The summed E-state index contributed by atoms with van der Waals surface area (Å²) in [4.78, 5) is 24.5. The van der Waals surface area contributed by atoms with E-state index < -0.39 is 18.5 Å². The first-order valence-corrected chi connectivity index (χ1v) is 7.14. The Labute approximate surface area is 128 Å². The molecule has 21 heavy (non-hydrogen) atoms. The van der Waals surface area contributed by atoms with Crippen LogP contribution in [0.1, 0.15) is 19.3 Å². The third-order valence-corrected chi connectivity index (χ3v) is 3.49. The molecule has 2 rings (SSSR count). The van der Waals surface area contributed by atoms with Crippen molar-refractivity contribution in [2.24, 2.45) is 0 Å². The maximum absolute atomic E-state index is 12.3. The number of hydrogen-bond acceptors (Lipinski definition) is 2. The highest BCUT2D eigenvalue weighted by Crippen LogP contribution is 2.20. The highest BCUT2D eigenvalue weighted by molar-refractivity contribution is 6.30. The molecule has 1 aliphatic carbocycles. The van der Waals surface area contributed by atoms with Crippen LogP contribution in [0.4, 0.5) is 10.5 Å². The Morgan fingerprint density at radius 3 is 2.81 bits per heavy atom. The molecule has 0 saturated carbocycles. The van der Waals surface area contributed by atoms with Gasteiger partial charge in [0.2, 0.25) is 0 Å². The topological polar surface area (TPSA) is 69.6 Å². The van der Waals surface area contributed by atoms with Crippen LogP contribution in [-0.4, -0.2) is 29.7 Å². The maximum Gasteiger partial charge on any atom is 0.323 e. The number of amides is 2. The van der Waals surface area contributed by atoms with E-state index in [1.807, 2.05) is 6.08 Å². The van der Waals surface area contributed by atoms with Crippen LogP contribution >= 0.6 is 11.6 Å². The molecule has 1 atom stereocenters. The predicted molar refractivity (Wildman–Crippen MR) is 81.7 cm³/mol. The molecular formula is C15H17ClN2O3. The highest BCUT2D eigenvalue weighted by atomic mass is 35.5. The number of halogens is 1. The minimum absolute atomic E-state index is 0.0398. The zero-order valence-corrected chi connectivity index (χ0v) is 12.2. The van der Waals surface area contributed by atoms with E-state index in [0.717, 1.165) is 19.3 Å². The molecule has 0 aromatic heterocycles. The number of carbonyl (C=O) groups is 2. The number of carbonyl (C=O) groups excluding carboxylic acids is 1. The number of hydrogen-bond donors (Lipinski definition) is 2. The van der Waals surface area contributed by atoms with Gasteiger partial charge in [0.05, 0.1) is 0 Å². The summed E-state index contributed by atoms with van der Waals surface area (Å²) in [5, 5.41) is 12.3. The van der Waals surface area contributed by atoms with Crippen LogP contribution in [0.15, 0.2) is 36.4 Å². The second-order valence-corrected chi connectivity index (χ2v) is 5.33. The third-order valence-electron chi connectivity index (χ3n) is 3.26. The monoisotopic (exact) mass is 308 g/mol.